The number of hydrogen-bond donors (Lipinski definition) is 0. The van der Waals surface area contributed by atoms with Crippen molar-refractivity contribution in [3.05, 3.63) is 46.0 Å². The Hall–Kier alpha value is -1.35. The molecular formula is C19H23BrO2. The molecule has 3 heteroatoms. The first-order chi connectivity index (χ1) is 10.7. The van der Waals surface area contributed by atoms with Crippen LogP contribution in [0.3, 0.4) is 0 Å². The Morgan fingerprint density at radius 3 is 2.64 bits per heavy atom. The lowest BCUT2D eigenvalue weighted by Gasteiger charge is -2.22. The van der Waals surface area contributed by atoms with Gasteiger partial charge in [0.1, 0.15) is 5.75 Å². The number of benzene rings is 1. The molecule has 22 heavy (non-hydrogen) atoms. The molecule has 118 valence electrons. The van der Waals surface area contributed by atoms with Crippen LogP contribution in [-0.4, -0.2) is 12.9 Å². The summed E-state index contributed by atoms with van der Waals surface area (Å²) in [5.41, 5.74) is 2.47. The van der Waals surface area contributed by atoms with E-state index in [2.05, 4.69) is 47.1 Å². The highest BCUT2D eigenvalue weighted by atomic mass is 79.9. The molecule has 0 saturated heterocycles. The SMILES string of the molecule is CC[C@@H](C/C=C/c1ccc(OC)cc1)C1=C(Br)C(=O)CCC1. The topological polar surface area (TPSA) is 26.3 Å². The Balaban J connectivity index is 2.02. The highest BCUT2D eigenvalue weighted by molar-refractivity contribution is 9.12. The summed E-state index contributed by atoms with van der Waals surface area (Å²) in [6, 6.07) is 8.04. The summed E-state index contributed by atoms with van der Waals surface area (Å²) < 4.78 is 6.00. The maximum absolute atomic E-state index is 11.8. The van der Waals surface area contributed by atoms with Gasteiger partial charge in [0.25, 0.3) is 0 Å². The van der Waals surface area contributed by atoms with Gasteiger partial charge in [-0.15, -0.1) is 0 Å². The normalized spacial score (nSPS) is 17.1. The van der Waals surface area contributed by atoms with Crippen LogP contribution >= 0.6 is 15.9 Å². The predicted molar refractivity (Wildman–Crippen MR) is 95.2 cm³/mol. The van der Waals surface area contributed by atoms with Gasteiger partial charge in [-0.3, -0.25) is 4.79 Å². The van der Waals surface area contributed by atoms with Crippen molar-refractivity contribution in [1.82, 2.24) is 0 Å². The van der Waals surface area contributed by atoms with Crippen molar-refractivity contribution < 1.29 is 9.53 Å². The molecule has 0 amide bonds. The summed E-state index contributed by atoms with van der Waals surface area (Å²) >= 11 is 3.51. The average molecular weight is 363 g/mol. The van der Waals surface area contributed by atoms with E-state index in [1.165, 1.54) is 11.1 Å². The number of rotatable bonds is 6. The van der Waals surface area contributed by atoms with Crippen molar-refractivity contribution in [3.63, 3.8) is 0 Å². The molecule has 0 spiro atoms. The van der Waals surface area contributed by atoms with Crippen molar-refractivity contribution in [2.45, 2.75) is 39.0 Å². The van der Waals surface area contributed by atoms with Gasteiger partial charge in [-0.05, 0) is 70.8 Å². The van der Waals surface area contributed by atoms with Gasteiger partial charge in [-0.1, -0.05) is 31.2 Å². The first kappa shape index (κ1) is 17.0. The van der Waals surface area contributed by atoms with Crippen LogP contribution in [-0.2, 0) is 4.79 Å². The number of carbonyl (C=O) groups is 1. The first-order valence-corrected chi connectivity index (χ1v) is 8.67. The average Bonchev–Trinajstić information content (AvgIpc) is 2.55. The summed E-state index contributed by atoms with van der Waals surface area (Å²) in [6.45, 7) is 2.19. The molecule has 2 nitrogen and oxygen atoms in total. The fourth-order valence-corrected chi connectivity index (χ4v) is 3.58. The fraction of sp³-hybridized carbons (Fsp3) is 0.421. The van der Waals surface area contributed by atoms with E-state index in [9.17, 15) is 4.79 Å². The second kappa shape index (κ2) is 8.33. The monoisotopic (exact) mass is 362 g/mol. The summed E-state index contributed by atoms with van der Waals surface area (Å²) in [5, 5.41) is 0. The van der Waals surface area contributed by atoms with Crippen LogP contribution in [0.2, 0.25) is 0 Å². The molecule has 0 heterocycles. The lowest BCUT2D eigenvalue weighted by molar-refractivity contribution is -0.115. The molecule has 2 rings (SSSR count). The highest BCUT2D eigenvalue weighted by Gasteiger charge is 2.22. The van der Waals surface area contributed by atoms with Crippen LogP contribution in [0.4, 0.5) is 0 Å². The molecule has 0 radical (unpaired) electrons. The van der Waals surface area contributed by atoms with E-state index in [4.69, 9.17) is 4.74 Å². The van der Waals surface area contributed by atoms with Gasteiger partial charge in [-0.25, -0.2) is 0 Å². The highest BCUT2D eigenvalue weighted by Crippen LogP contribution is 2.34. The number of hydrogen-bond acceptors (Lipinski definition) is 2. The number of ether oxygens (including phenoxy) is 1. The van der Waals surface area contributed by atoms with Crippen LogP contribution < -0.4 is 4.74 Å². The molecule has 0 unspecified atom stereocenters. The Morgan fingerprint density at radius 1 is 1.27 bits per heavy atom. The Bertz CT molecular complexity index is 570. The molecule has 0 fully saturated rings. The molecule has 1 aromatic carbocycles. The van der Waals surface area contributed by atoms with Gasteiger partial charge in [0.05, 0.1) is 11.6 Å². The van der Waals surface area contributed by atoms with Crippen LogP contribution in [0.15, 0.2) is 40.4 Å². The van der Waals surface area contributed by atoms with E-state index in [1.807, 2.05) is 12.1 Å². The van der Waals surface area contributed by atoms with Gasteiger partial charge in [0, 0.05) is 6.42 Å². The number of allylic oxidation sites excluding steroid dienone is 3. The van der Waals surface area contributed by atoms with E-state index in [1.54, 1.807) is 7.11 Å². The third-order valence-electron chi connectivity index (χ3n) is 4.21. The molecule has 0 aliphatic heterocycles. The zero-order valence-corrected chi connectivity index (χ0v) is 14.9. The molecule has 0 N–H and O–H groups in total. The Labute approximate surface area is 141 Å². The number of carbonyl (C=O) groups excluding carboxylic acids is 1. The Morgan fingerprint density at radius 2 is 2.00 bits per heavy atom. The quantitative estimate of drug-likeness (QED) is 0.665. The molecule has 1 aliphatic carbocycles. The smallest absolute Gasteiger partial charge is 0.169 e. The van der Waals surface area contributed by atoms with E-state index in [0.29, 0.717) is 12.3 Å². The van der Waals surface area contributed by atoms with Crippen LogP contribution in [0.25, 0.3) is 6.08 Å². The van der Waals surface area contributed by atoms with Crippen molar-refractivity contribution in [2.75, 3.05) is 7.11 Å². The van der Waals surface area contributed by atoms with E-state index in [0.717, 1.165) is 35.9 Å². The van der Waals surface area contributed by atoms with Gasteiger partial charge >= 0.3 is 0 Å². The molecule has 1 aliphatic rings. The van der Waals surface area contributed by atoms with Crippen LogP contribution in [0.1, 0.15) is 44.6 Å². The van der Waals surface area contributed by atoms with Crippen molar-refractivity contribution in [3.8, 4) is 5.75 Å². The lowest BCUT2D eigenvalue weighted by atomic mass is 9.85. The molecule has 1 atom stereocenters. The predicted octanol–water partition coefficient (Wildman–Crippen LogP) is 5.53. The second-order valence-electron chi connectivity index (χ2n) is 5.63. The third-order valence-corrected chi connectivity index (χ3v) is 5.16. The van der Waals surface area contributed by atoms with Gasteiger partial charge in [0.15, 0.2) is 5.78 Å². The summed E-state index contributed by atoms with van der Waals surface area (Å²) in [5.74, 6) is 1.59. The fourth-order valence-electron chi connectivity index (χ4n) is 2.86. The summed E-state index contributed by atoms with van der Waals surface area (Å²) in [6.07, 6.45) is 9.10. The molecule has 0 bridgehead atoms. The zero-order valence-electron chi connectivity index (χ0n) is 13.3. The molecular weight excluding hydrogens is 340 g/mol. The largest absolute Gasteiger partial charge is 0.497 e. The van der Waals surface area contributed by atoms with E-state index in [-0.39, 0.29) is 5.78 Å². The lowest BCUT2D eigenvalue weighted by Crippen LogP contribution is -2.13. The van der Waals surface area contributed by atoms with E-state index >= 15 is 0 Å². The van der Waals surface area contributed by atoms with Gasteiger partial charge in [-0.2, -0.15) is 0 Å². The van der Waals surface area contributed by atoms with Crippen molar-refractivity contribution >= 4 is 27.8 Å². The van der Waals surface area contributed by atoms with E-state index < -0.39 is 0 Å². The van der Waals surface area contributed by atoms with Crippen LogP contribution in [0, 0.1) is 5.92 Å². The Kier molecular flexibility index (Phi) is 6.44. The van der Waals surface area contributed by atoms with Crippen LogP contribution in [0.5, 0.6) is 5.75 Å². The third kappa shape index (κ3) is 4.33. The second-order valence-corrected chi connectivity index (χ2v) is 6.43. The molecule has 1 aromatic rings. The standard InChI is InChI=1S/C19H23BrO2/c1-3-15(17-8-5-9-18(21)19(17)20)7-4-6-14-10-12-16(22-2)13-11-14/h4,6,10-13,15H,3,5,7-9H2,1-2H3/b6-4+/t15-/m0/s1. The summed E-state index contributed by atoms with van der Waals surface area (Å²) in [7, 11) is 1.67. The minimum atomic E-state index is 0.263. The first-order valence-electron chi connectivity index (χ1n) is 7.88. The number of Topliss-reactive ketones (excluding diaryl/α,β-unsaturated/α-hetero) is 1. The minimum Gasteiger partial charge on any atom is -0.497 e. The zero-order chi connectivity index (χ0) is 15.9. The molecule has 0 aromatic heterocycles. The minimum absolute atomic E-state index is 0.263. The summed E-state index contributed by atoms with van der Waals surface area (Å²) in [4.78, 5) is 11.8. The number of methoxy groups -OCH3 is 1. The maximum Gasteiger partial charge on any atom is 0.169 e. The van der Waals surface area contributed by atoms with Gasteiger partial charge < -0.3 is 4.74 Å². The molecule has 0 saturated carbocycles. The van der Waals surface area contributed by atoms with Gasteiger partial charge in [0.2, 0.25) is 0 Å². The maximum atomic E-state index is 11.8. The number of ketones is 1. The van der Waals surface area contributed by atoms with Crippen molar-refractivity contribution in [1.29, 1.82) is 0 Å². The van der Waals surface area contributed by atoms with Crippen molar-refractivity contribution in [2.24, 2.45) is 5.92 Å². The number of halogens is 1.